The van der Waals surface area contributed by atoms with Crippen molar-refractivity contribution in [3.63, 3.8) is 0 Å². The largest absolute Gasteiger partial charge is 0.326 e. The van der Waals surface area contributed by atoms with Gasteiger partial charge in [0.25, 0.3) is 0 Å². The summed E-state index contributed by atoms with van der Waals surface area (Å²) in [6.45, 7) is 0. The van der Waals surface area contributed by atoms with Gasteiger partial charge < -0.3 is 9.72 Å². The van der Waals surface area contributed by atoms with E-state index >= 15 is 0 Å². The number of carbonyl (C=O) groups excluding carboxylic acids is 1. The molecule has 4 rings (SSSR count). The highest BCUT2D eigenvalue weighted by molar-refractivity contribution is 5.92. The van der Waals surface area contributed by atoms with Gasteiger partial charge in [-0.3, -0.25) is 4.79 Å². The van der Waals surface area contributed by atoms with Crippen LogP contribution in [0.1, 0.15) is 5.56 Å². The summed E-state index contributed by atoms with van der Waals surface area (Å²) in [7, 11) is 0. The van der Waals surface area contributed by atoms with Crippen LogP contribution in [0.4, 0.5) is 14.5 Å². The Hall–Kier alpha value is -3.54. The van der Waals surface area contributed by atoms with Crippen LogP contribution in [0.15, 0.2) is 73.1 Å². The first kappa shape index (κ1) is 16.9. The average Bonchev–Trinajstić information content (AvgIpc) is 3.09. The maximum atomic E-state index is 13.6. The fraction of sp³-hybridized carbons (Fsp3) is 0.0476. The second-order valence-corrected chi connectivity index (χ2v) is 6.13. The van der Waals surface area contributed by atoms with Gasteiger partial charge in [-0.25, -0.2) is 13.8 Å². The number of carbonyl (C=O) groups is 1. The van der Waals surface area contributed by atoms with Crippen molar-refractivity contribution in [2.45, 2.75) is 6.42 Å². The molecule has 6 heteroatoms. The molecule has 0 aliphatic rings. The van der Waals surface area contributed by atoms with Crippen molar-refractivity contribution in [2.75, 3.05) is 5.32 Å². The SMILES string of the molecule is O=C(Cc1ccc(F)cc1F)Nc1ccc(-c2cn3ccccc3n2)cc1. The lowest BCUT2D eigenvalue weighted by Crippen LogP contribution is -2.15. The van der Waals surface area contributed by atoms with Gasteiger partial charge in [-0.2, -0.15) is 0 Å². The quantitative estimate of drug-likeness (QED) is 0.582. The van der Waals surface area contributed by atoms with E-state index in [0.29, 0.717) is 5.69 Å². The summed E-state index contributed by atoms with van der Waals surface area (Å²) >= 11 is 0. The number of halogens is 2. The smallest absolute Gasteiger partial charge is 0.228 e. The number of nitrogens with zero attached hydrogens (tertiary/aromatic N) is 2. The molecule has 1 N–H and O–H groups in total. The first-order valence-electron chi connectivity index (χ1n) is 8.36. The Morgan fingerprint density at radius 2 is 1.85 bits per heavy atom. The minimum absolute atomic E-state index is 0.148. The monoisotopic (exact) mass is 363 g/mol. The Labute approximate surface area is 154 Å². The van der Waals surface area contributed by atoms with Gasteiger partial charge in [0, 0.05) is 29.7 Å². The zero-order chi connectivity index (χ0) is 18.8. The summed E-state index contributed by atoms with van der Waals surface area (Å²) in [5.41, 5.74) is 3.34. The molecule has 2 heterocycles. The first-order chi connectivity index (χ1) is 13.1. The van der Waals surface area contributed by atoms with Gasteiger partial charge in [0.05, 0.1) is 12.1 Å². The Balaban J connectivity index is 1.46. The highest BCUT2D eigenvalue weighted by atomic mass is 19.1. The Bertz CT molecular complexity index is 1090. The second kappa shape index (κ2) is 6.99. The maximum absolute atomic E-state index is 13.6. The van der Waals surface area contributed by atoms with E-state index in [-0.39, 0.29) is 17.9 Å². The summed E-state index contributed by atoms with van der Waals surface area (Å²) in [4.78, 5) is 16.7. The standard InChI is InChI=1S/C21H15F2N3O/c22-16-7-4-15(18(23)12-16)11-21(27)24-17-8-5-14(6-9-17)19-13-26-10-2-1-3-20(26)25-19/h1-10,12-13H,11H2,(H,24,27). The van der Waals surface area contributed by atoms with Crippen LogP contribution in [0.3, 0.4) is 0 Å². The highest BCUT2D eigenvalue weighted by Gasteiger charge is 2.10. The summed E-state index contributed by atoms with van der Waals surface area (Å²) < 4.78 is 28.5. The molecule has 134 valence electrons. The van der Waals surface area contributed by atoms with Gasteiger partial charge >= 0.3 is 0 Å². The summed E-state index contributed by atoms with van der Waals surface area (Å²) in [5, 5.41) is 2.71. The van der Waals surface area contributed by atoms with Crippen molar-refractivity contribution in [2.24, 2.45) is 0 Å². The van der Waals surface area contributed by atoms with Crippen molar-refractivity contribution >= 4 is 17.2 Å². The molecule has 0 aliphatic carbocycles. The van der Waals surface area contributed by atoms with E-state index in [1.165, 1.54) is 6.07 Å². The minimum Gasteiger partial charge on any atom is -0.326 e. The number of imidazole rings is 1. The van der Waals surface area contributed by atoms with Gasteiger partial charge in [-0.05, 0) is 35.9 Å². The number of fused-ring (bicyclic) bond motifs is 1. The predicted octanol–water partition coefficient (Wildman–Crippen LogP) is 4.46. The van der Waals surface area contributed by atoms with E-state index in [1.807, 2.05) is 47.1 Å². The third-order valence-electron chi connectivity index (χ3n) is 4.19. The van der Waals surface area contributed by atoms with Crippen LogP contribution in [0, 0.1) is 11.6 Å². The van der Waals surface area contributed by atoms with Crippen molar-refractivity contribution in [1.82, 2.24) is 9.38 Å². The lowest BCUT2D eigenvalue weighted by Gasteiger charge is -2.07. The summed E-state index contributed by atoms with van der Waals surface area (Å²) in [6.07, 6.45) is 3.69. The van der Waals surface area contributed by atoms with E-state index in [9.17, 15) is 13.6 Å². The van der Waals surface area contributed by atoms with Crippen LogP contribution in [0.5, 0.6) is 0 Å². The highest BCUT2D eigenvalue weighted by Crippen LogP contribution is 2.21. The van der Waals surface area contributed by atoms with Crippen molar-refractivity contribution in [3.05, 3.63) is 90.3 Å². The van der Waals surface area contributed by atoms with Crippen LogP contribution >= 0.6 is 0 Å². The van der Waals surface area contributed by atoms with Crippen molar-refractivity contribution < 1.29 is 13.6 Å². The number of hydrogen-bond donors (Lipinski definition) is 1. The minimum atomic E-state index is -0.729. The molecule has 4 aromatic rings. The van der Waals surface area contributed by atoms with Gasteiger partial charge in [-0.15, -0.1) is 0 Å². The van der Waals surface area contributed by atoms with Gasteiger partial charge in [0.15, 0.2) is 0 Å². The Morgan fingerprint density at radius 1 is 1.04 bits per heavy atom. The van der Waals surface area contributed by atoms with Crippen LogP contribution in [0.2, 0.25) is 0 Å². The number of rotatable bonds is 4. The van der Waals surface area contributed by atoms with Gasteiger partial charge in [0.2, 0.25) is 5.91 Å². The third kappa shape index (κ3) is 3.69. The molecule has 1 amide bonds. The fourth-order valence-electron chi connectivity index (χ4n) is 2.84. The molecule has 4 nitrogen and oxygen atoms in total. The second-order valence-electron chi connectivity index (χ2n) is 6.13. The van der Waals surface area contributed by atoms with Crippen LogP contribution < -0.4 is 5.32 Å². The lowest BCUT2D eigenvalue weighted by atomic mass is 10.1. The Kier molecular flexibility index (Phi) is 4.38. The zero-order valence-electron chi connectivity index (χ0n) is 14.2. The molecule has 2 aromatic carbocycles. The normalized spacial score (nSPS) is 10.9. The molecular formula is C21H15F2N3O. The zero-order valence-corrected chi connectivity index (χ0v) is 14.2. The van der Waals surface area contributed by atoms with Crippen LogP contribution in [-0.2, 0) is 11.2 Å². The topological polar surface area (TPSA) is 46.4 Å². The number of amides is 1. The molecule has 0 radical (unpaired) electrons. The predicted molar refractivity (Wildman–Crippen MR) is 99.3 cm³/mol. The fourth-order valence-corrected chi connectivity index (χ4v) is 2.84. The number of nitrogens with one attached hydrogen (secondary N) is 1. The number of pyridine rings is 1. The summed E-state index contributed by atoms with van der Waals surface area (Å²) in [6, 6.07) is 16.2. The van der Waals surface area contributed by atoms with Crippen molar-refractivity contribution in [3.8, 4) is 11.3 Å². The molecule has 0 saturated carbocycles. The van der Waals surface area contributed by atoms with E-state index in [0.717, 1.165) is 29.0 Å². The molecular weight excluding hydrogens is 348 g/mol. The molecule has 0 atom stereocenters. The lowest BCUT2D eigenvalue weighted by molar-refractivity contribution is -0.115. The molecule has 27 heavy (non-hydrogen) atoms. The van der Waals surface area contributed by atoms with Crippen molar-refractivity contribution in [1.29, 1.82) is 0 Å². The first-order valence-corrected chi connectivity index (χ1v) is 8.36. The molecule has 0 unspecified atom stereocenters. The van der Waals surface area contributed by atoms with E-state index in [1.54, 1.807) is 12.1 Å². The average molecular weight is 363 g/mol. The molecule has 0 aliphatic heterocycles. The van der Waals surface area contributed by atoms with Crippen LogP contribution in [-0.4, -0.2) is 15.3 Å². The molecule has 0 bridgehead atoms. The number of aromatic nitrogens is 2. The van der Waals surface area contributed by atoms with Gasteiger partial charge in [0.1, 0.15) is 17.3 Å². The number of anilines is 1. The molecule has 0 saturated heterocycles. The van der Waals surface area contributed by atoms with E-state index in [2.05, 4.69) is 10.3 Å². The van der Waals surface area contributed by atoms with Crippen LogP contribution in [0.25, 0.3) is 16.9 Å². The molecule has 0 fully saturated rings. The maximum Gasteiger partial charge on any atom is 0.228 e. The van der Waals surface area contributed by atoms with E-state index in [4.69, 9.17) is 0 Å². The number of benzene rings is 2. The third-order valence-corrected chi connectivity index (χ3v) is 4.19. The Morgan fingerprint density at radius 3 is 2.59 bits per heavy atom. The molecule has 0 spiro atoms. The number of hydrogen-bond acceptors (Lipinski definition) is 2. The van der Waals surface area contributed by atoms with Gasteiger partial charge in [-0.1, -0.05) is 24.3 Å². The molecule has 2 aromatic heterocycles. The van der Waals surface area contributed by atoms with E-state index < -0.39 is 11.6 Å². The summed E-state index contributed by atoms with van der Waals surface area (Å²) in [5.74, 6) is -1.77.